The Kier molecular flexibility index (Phi) is 11.5. The van der Waals surface area contributed by atoms with Crippen molar-refractivity contribution in [2.45, 2.75) is 26.2 Å². The van der Waals surface area contributed by atoms with Gasteiger partial charge in [-0.1, -0.05) is 12.2 Å². The molecule has 0 saturated carbocycles. The molecular formula is C17H32IN5O2. The minimum Gasteiger partial charge on any atom is -0.359 e. The Hall–Kier alpha value is -1.32. The van der Waals surface area contributed by atoms with Gasteiger partial charge in [0.05, 0.1) is 0 Å². The molecule has 25 heavy (non-hydrogen) atoms. The molecule has 0 spiro atoms. The van der Waals surface area contributed by atoms with Crippen molar-refractivity contribution in [2.75, 3.05) is 47.3 Å². The van der Waals surface area contributed by atoms with Crippen LogP contribution in [-0.2, 0) is 9.59 Å². The van der Waals surface area contributed by atoms with Gasteiger partial charge >= 0.3 is 0 Å². The molecule has 0 radical (unpaired) electrons. The zero-order valence-electron chi connectivity index (χ0n) is 15.8. The molecule has 8 heteroatoms. The van der Waals surface area contributed by atoms with Gasteiger partial charge in [-0.25, -0.2) is 4.99 Å². The van der Waals surface area contributed by atoms with E-state index in [0.717, 1.165) is 37.5 Å². The maximum atomic E-state index is 11.8. The summed E-state index contributed by atoms with van der Waals surface area (Å²) in [6.07, 6.45) is 2.47. The smallest absolute Gasteiger partial charge is 0.243 e. The highest BCUT2D eigenvalue weighted by molar-refractivity contribution is 14.0. The van der Waals surface area contributed by atoms with E-state index in [-0.39, 0.29) is 42.3 Å². The van der Waals surface area contributed by atoms with E-state index >= 15 is 0 Å². The average molecular weight is 465 g/mol. The first-order valence-corrected chi connectivity index (χ1v) is 8.41. The highest BCUT2D eigenvalue weighted by atomic mass is 127. The maximum absolute atomic E-state index is 11.8. The maximum Gasteiger partial charge on any atom is 0.243 e. The van der Waals surface area contributed by atoms with Crippen LogP contribution in [0.3, 0.4) is 0 Å². The molecule has 1 saturated heterocycles. The highest BCUT2D eigenvalue weighted by Crippen LogP contribution is 2.20. The molecule has 7 nitrogen and oxygen atoms in total. The first kappa shape index (κ1) is 23.7. The van der Waals surface area contributed by atoms with E-state index in [1.165, 1.54) is 4.90 Å². The molecule has 2 N–H and O–H groups in total. The topological polar surface area (TPSA) is 77.0 Å². The first-order chi connectivity index (χ1) is 11.3. The van der Waals surface area contributed by atoms with Gasteiger partial charge in [-0.15, -0.1) is 24.0 Å². The van der Waals surface area contributed by atoms with E-state index < -0.39 is 0 Å². The molecule has 0 aromatic carbocycles. The average Bonchev–Trinajstić information content (AvgIpc) is 2.55. The number of rotatable bonds is 6. The number of hydrogen-bond acceptors (Lipinski definition) is 3. The molecule has 0 aromatic heterocycles. The fourth-order valence-electron chi connectivity index (χ4n) is 2.49. The van der Waals surface area contributed by atoms with Crippen molar-refractivity contribution < 1.29 is 9.59 Å². The van der Waals surface area contributed by atoms with Crippen LogP contribution < -0.4 is 10.6 Å². The van der Waals surface area contributed by atoms with Crippen LogP contribution in [0.5, 0.6) is 0 Å². The van der Waals surface area contributed by atoms with E-state index in [1.54, 1.807) is 21.1 Å². The number of hydrogen-bond donors (Lipinski definition) is 2. The molecule has 0 atom stereocenters. The standard InChI is InChI=1S/C17H31N5O2.HI/c1-13(2)11-19-17(20-12-16(24)21(4)5)22-8-6-14(7-9-22)10-15(23)18-3;/h14H,1,6-12H2,2-5H3,(H,18,23)(H,19,20);1H. The number of carbonyl (C=O) groups excluding carboxylic acids is 2. The Bertz CT molecular complexity index is 485. The second-order valence-corrected chi connectivity index (χ2v) is 6.55. The summed E-state index contributed by atoms with van der Waals surface area (Å²) in [5.74, 6) is 1.22. The van der Waals surface area contributed by atoms with E-state index in [9.17, 15) is 9.59 Å². The second kappa shape index (κ2) is 12.1. The van der Waals surface area contributed by atoms with Gasteiger partial charge in [0.1, 0.15) is 6.54 Å². The van der Waals surface area contributed by atoms with Crippen molar-refractivity contribution in [3.05, 3.63) is 12.2 Å². The first-order valence-electron chi connectivity index (χ1n) is 8.41. The highest BCUT2D eigenvalue weighted by Gasteiger charge is 2.23. The Balaban J connectivity index is 0.00000576. The summed E-state index contributed by atoms with van der Waals surface area (Å²) >= 11 is 0. The Morgan fingerprint density at radius 1 is 1.28 bits per heavy atom. The number of nitrogens with one attached hydrogen (secondary N) is 2. The van der Waals surface area contributed by atoms with E-state index in [4.69, 9.17) is 0 Å². The van der Waals surface area contributed by atoms with Crippen LogP contribution in [0.1, 0.15) is 26.2 Å². The third kappa shape index (κ3) is 9.08. The predicted octanol–water partition coefficient (Wildman–Crippen LogP) is 1.06. The van der Waals surface area contributed by atoms with E-state index in [2.05, 4.69) is 27.1 Å². The van der Waals surface area contributed by atoms with E-state index in [1.807, 2.05) is 6.92 Å². The molecule has 144 valence electrons. The van der Waals surface area contributed by atoms with Crippen molar-refractivity contribution in [3.63, 3.8) is 0 Å². The summed E-state index contributed by atoms with van der Waals surface area (Å²) in [6.45, 7) is 8.27. The molecule has 1 heterocycles. The van der Waals surface area contributed by atoms with Crippen LogP contribution in [0, 0.1) is 5.92 Å². The summed E-state index contributed by atoms with van der Waals surface area (Å²) in [6, 6.07) is 0. The molecule has 0 unspecified atom stereocenters. The third-order valence-electron chi connectivity index (χ3n) is 4.08. The summed E-state index contributed by atoms with van der Waals surface area (Å²) < 4.78 is 0. The number of amides is 2. The summed E-state index contributed by atoms with van der Waals surface area (Å²) in [4.78, 5) is 31.4. The van der Waals surface area contributed by atoms with Gasteiger partial charge in [0.2, 0.25) is 11.8 Å². The van der Waals surface area contributed by atoms with Gasteiger partial charge in [-0.05, 0) is 25.7 Å². The zero-order valence-corrected chi connectivity index (χ0v) is 18.1. The molecule has 1 aliphatic rings. The lowest BCUT2D eigenvalue weighted by Gasteiger charge is -2.34. The van der Waals surface area contributed by atoms with Crippen molar-refractivity contribution in [1.82, 2.24) is 20.4 Å². The number of guanidine groups is 1. The summed E-state index contributed by atoms with van der Waals surface area (Å²) in [5.41, 5.74) is 1.01. The quantitative estimate of drug-likeness (QED) is 0.266. The molecule has 1 aliphatic heterocycles. The fourth-order valence-corrected chi connectivity index (χ4v) is 2.49. The Morgan fingerprint density at radius 3 is 2.36 bits per heavy atom. The monoisotopic (exact) mass is 465 g/mol. The number of nitrogens with zero attached hydrogens (tertiary/aromatic N) is 3. The van der Waals surface area contributed by atoms with Gasteiger partial charge < -0.3 is 20.4 Å². The predicted molar refractivity (Wildman–Crippen MR) is 112 cm³/mol. The van der Waals surface area contributed by atoms with Crippen LogP contribution in [0.15, 0.2) is 17.1 Å². The van der Waals surface area contributed by atoms with Gasteiger partial charge in [-0.3, -0.25) is 9.59 Å². The van der Waals surface area contributed by atoms with Crippen molar-refractivity contribution in [2.24, 2.45) is 10.9 Å². The molecule has 1 rings (SSSR count). The summed E-state index contributed by atoms with van der Waals surface area (Å²) in [7, 11) is 5.12. The van der Waals surface area contributed by atoms with Gasteiger partial charge in [0, 0.05) is 47.2 Å². The van der Waals surface area contributed by atoms with Crippen molar-refractivity contribution in [3.8, 4) is 0 Å². The molecule has 0 aromatic rings. The second-order valence-electron chi connectivity index (χ2n) is 6.55. The van der Waals surface area contributed by atoms with Gasteiger partial charge in [0.15, 0.2) is 5.96 Å². The lowest BCUT2D eigenvalue weighted by molar-refractivity contribution is -0.127. The Labute approximate surface area is 168 Å². The van der Waals surface area contributed by atoms with Crippen molar-refractivity contribution in [1.29, 1.82) is 0 Å². The number of piperidine rings is 1. The van der Waals surface area contributed by atoms with Crippen LogP contribution >= 0.6 is 24.0 Å². The van der Waals surface area contributed by atoms with Crippen LogP contribution in [0.4, 0.5) is 0 Å². The molecule has 1 fully saturated rings. The summed E-state index contributed by atoms with van der Waals surface area (Å²) in [5, 5.41) is 5.96. The van der Waals surface area contributed by atoms with Crippen LogP contribution in [0.25, 0.3) is 0 Å². The van der Waals surface area contributed by atoms with Crippen molar-refractivity contribution >= 4 is 41.8 Å². The SMILES string of the molecule is C=C(C)CNC(=NCC(=O)N(C)C)N1CCC(CC(=O)NC)CC1.I. The Morgan fingerprint density at radius 2 is 1.88 bits per heavy atom. The minimum absolute atomic E-state index is 0. The number of halogens is 1. The van der Waals surface area contributed by atoms with Gasteiger partial charge in [-0.2, -0.15) is 0 Å². The molecule has 0 bridgehead atoms. The lowest BCUT2D eigenvalue weighted by Crippen LogP contribution is -2.47. The normalized spacial score (nSPS) is 15.2. The number of likely N-dealkylation sites (N-methyl/N-ethyl adjacent to an activating group) is 1. The lowest BCUT2D eigenvalue weighted by atomic mass is 9.93. The van der Waals surface area contributed by atoms with Crippen LogP contribution in [-0.4, -0.2) is 74.9 Å². The third-order valence-corrected chi connectivity index (χ3v) is 4.08. The number of aliphatic imine (C=N–C) groups is 1. The molecule has 0 aliphatic carbocycles. The molecular weight excluding hydrogens is 433 g/mol. The zero-order chi connectivity index (χ0) is 18.1. The van der Waals surface area contributed by atoms with Crippen LogP contribution in [0.2, 0.25) is 0 Å². The van der Waals surface area contributed by atoms with Gasteiger partial charge in [0.25, 0.3) is 0 Å². The van der Waals surface area contributed by atoms with E-state index in [0.29, 0.717) is 18.9 Å². The largest absolute Gasteiger partial charge is 0.359 e. The fraction of sp³-hybridized carbons (Fsp3) is 0.706. The number of likely N-dealkylation sites (tertiary alicyclic amines) is 1. The molecule has 2 amide bonds. The minimum atomic E-state index is -0.0286. The number of carbonyl (C=O) groups is 2.